The second kappa shape index (κ2) is 14.6. The number of thioether (sulfide) groups is 1. The summed E-state index contributed by atoms with van der Waals surface area (Å²) in [6.07, 6.45) is 3.93. The van der Waals surface area contributed by atoms with Crippen molar-refractivity contribution in [2.24, 2.45) is 0 Å². The maximum atomic E-state index is 13.3. The summed E-state index contributed by atoms with van der Waals surface area (Å²) in [7, 11) is 0. The van der Waals surface area contributed by atoms with Gasteiger partial charge in [0.1, 0.15) is 22.7 Å². The zero-order chi connectivity index (χ0) is 30.8. The molecule has 0 saturated carbocycles. The van der Waals surface area contributed by atoms with Gasteiger partial charge in [-0.1, -0.05) is 44.5 Å². The number of halogens is 3. The molecule has 0 aliphatic carbocycles. The van der Waals surface area contributed by atoms with Crippen LogP contribution in [0.1, 0.15) is 77.0 Å². The van der Waals surface area contributed by atoms with E-state index in [4.69, 9.17) is 9.47 Å². The first-order valence-electron chi connectivity index (χ1n) is 13.4. The van der Waals surface area contributed by atoms with Crippen LogP contribution in [0.4, 0.5) is 13.2 Å². The molecule has 2 aromatic rings. The minimum absolute atomic E-state index is 0.0550. The summed E-state index contributed by atoms with van der Waals surface area (Å²) in [5.41, 5.74) is -0.0615. The van der Waals surface area contributed by atoms with Crippen molar-refractivity contribution in [2.75, 3.05) is 6.26 Å². The fourth-order valence-corrected chi connectivity index (χ4v) is 5.29. The van der Waals surface area contributed by atoms with Crippen LogP contribution in [0.25, 0.3) is 11.6 Å². The van der Waals surface area contributed by atoms with Crippen molar-refractivity contribution >= 4 is 35.7 Å². The molecule has 0 radical (unpaired) electrons. The lowest BCUT2D eigenvalue weighted by Crippen LogP contribution is -2.40. The maximum absolute atomic E-state index is 13.3. The molecule has 9 heteroatoms. The number of rotatable bonds is 15. The summed E-state index contributed by atoms with van der Waals surface area (Å²) in [5.74, 6) is -0.378. The molecule has 0 aliphatic heterocycles. The standard InChI is InChI=1S/C32H39F3O5S/c1-8-10-11-12-22-13-16-26(27(17-22)39-32(33,34)35)24(20-36)18-23-14-15-25(19-28(23)41-7)38-30(3,4)21-31(5,6)40-29(37)9-2/h9,13-20H,2,8,10-12,21H2,1,3-7H3/b24-18+. The summed E-state index contributed by atoms with van der Waals surface area (Å²) in [4.78, 5) is 24.6. The first-order valence-corrected chi connectivity index (χ1v) is 14.6. The molecule has 0 N–H and O–H groups in total. The topological polar surface area (TPSA) is 61.8 Å². The fourth-order valence-electron chi connectivity index (χ4n) is 4.70. The number of carbonyl (C=O) groups is 2. The molecule has 0 fully saturated rings. The predicted molar refractivity (Wildman–Crippen MR) is 158 cm³/mol. The van der Waals surface area contributed by atoms with E-state index >= 15 is 0 Å². The van der Waals surface area contributed by atoms with Crippen molar-refractivity contribution in [3.8, 4) is 11.5 Å². The van der Waals surface area contributed by atoms with Crippen LogP contribution >= 0.6 is 11.8 Å². The molecule has 0 amide bonds. The van der Waals surface area contributed by atoms with Gasteiger partial charge >= 0.3 is 12.3 Å². The quantitative estimate of drug-likeness (QED) is 0.0514. The second-order valence-corrected chi connectivity index (χ2v) is 11.7. The third-order valence-corrected chi connectivity index (χ3v) is 6.88. The molecule has 5 nitrogen and oxygen atoms in total. The third-order valence-electron chi connectivity index (χ3n) is 6.08. The predicted octanol–water partition coefficient (Wildman–Crippen LogP) is 8.83. The third kappa shape index (κ3) is 11.3. The maximum Gasteiger partial charge on any atom is 0.573 e. The van der Waals surface area contributed by atoms with Crippen molar-refractivity contribution in [3.05, 3.63) is 65.7 Å². The average molecular weight is 593 g/mol. The zero-order valence-electron chi connectivity index (χ0n) is 24.5. The van der Waals surface area contributed by atoms with Crippen LogP contribution in [0.3, 0.4) is 0 Å². The number of benzene rings is 2. The second-order valence-electron chi connectivity index (χ2n) is 10.9. The number of carbonyl (C=O) groups excluding carboxylic acids is 2. The van der Waals surface area contributed by atoms with Crippen molar-refractivity contribution in [2.45, 2.75) is 89.2 Å². The molecule has 0 aliphatic rings. The van der Waals surface area contributed by atoms with Gasteiger partial charge in [-0.05, 0) is 82.2 Å². The van der Waals surface area contributed by atoms with Crippen molar-refractivity contribution in [1.82, 2.24) is 0 Å². The van der Waals surface area contributed by atoms with E-state index in [9.17, 15) is 22.8 Å². The Balaban J connectivity index is 2.40. The van der Waals surface area contributed by atoms with E-state index in [0.717, 1.165) is 30.2 Å². The van der Waals surface area contributed by atoms with Gasteiger partial charge in [-0.3, -0.25) is 4.79 Å². The Morgan fingerprint density at radius 2 is 1.71 bits per heavy atom. The van der Waals surface area contributed by atoms with Crippen molar-refractivity contribution in [3.63, 3.8) is 0 Å². The van der Waals surface area contributed by atoms with Crippen LogP contribution in [0.5, 0.6) is 11.5 Å². The highest BCUT2D eigenvalue weighted by Crippen LogP contribution is 2.36. The summed E-state index contributed by atoms with van der Waals surface area (Å²) in [5, 5.41) is 0. The van der Waals surface area contributed by atoms with Crippen molar-refractivity contribution < 1.29 is 37.0 Å². The number of allylic oxidation sites excluding steroid dienone is 1. The number of aryl methyl sites for hydroxylation is 1. The SMILES string of the molecule is C=CC(=O)OC(C)(C)CC(C)(C)Oc1ccc(/C=C(\C=O)c2ccc(CCCCC)cc2OC(F)(F)F)c(SC)c1. The van der Waals surface area contributed by atoms with E-state index < -0.39 is 29.3 Å². The lowest BCUT2D eigenvalue weighted by molar-refractivity contribution is -0.274. The zero-order valence-corrected chi connectivity index (χ0v) is 25.3. The van der Waals surface area contributed by atoms with E-state index in [1.165, 1.54) is 23.9 Å². The van der Waals surface area contributed by atoms with Gasteiger partial charge in [0.2, 0.25) is 0 Å². The lowest BCUT2D eigenvalue weighted by Gasteiger charge is -2.35. The Morgan fingerprint density at radius 1 is 1.00 bits per heavy atom. The van der Waals surface area contributed by atoms with Gasteiger partial charge in [-0.15, -0.1) is 24.9 Å². The summed E-state index contributed by atoms with van der Waals surface area (Å²) in [6.45, 7) is 12.8. The molecule has 0 spiro atoms. The molecule has 224 valence electrons. The molecule has 0 unspecified atom stereocenters. The molecule has 2 aromatic carbocycles. The van der Waals surface area contributed by atoms with Crippen LogP contribution in [0, 0.1) is 0 Å². The van der Waals surface area contributed by atoms with Gasteiger partial charge < -0.3 is 14.2 Å². The number of hydrogen-bond acceptors (Lipinski definition) is 6. The Bertz CT molecular complexity index is 1250. The minimum atomic E-state index is -4.90. The first-order chi connectivity index (χ1) is 19.1. The van der Waals surface area contributed by atoms with Gasteiger partial charge in [0.05, 0.1) is 0 Å². The molecule has 0 bridgehead atoms. The van der Waals surface area contributed by atoms with E-state index in [-0.39, 0.29) is 11.1 Å². The molecular weight excluding hydrogens is 553 g/mol. The number of esters is 1. The summed E-state index contributed by atoms with van der Waals surface area (Å²) in [6, 6.07) is 9.86. The first kappa shape index (κ1) is 34.0. The number of hydrogen-bond donors (Lipinski definition) is 0. The Morgan fingerprint density at radius 3 is 2.29 bits per heavy atom. The van der Waals surface area contributed by atoms with Crippen LogP contribution in [0.2, 0.25) is 0 Å². The number of ether oxygens (including phenoxy) is 3. The Hall–Kier alpha value is -3.20. The van der Waals surface area contributed by atoms with E-state index in [1.807, 2.05) is 20.1 Å². The number of aldehydes is 1. The normalized spacial score (nSPS) is 12.6. The monoisotopic (exact) mass is 592 g/mol. The molecular formula is C32H39F3O5S. The van der Waals surface area contributed by atoms with Crippen LogP contribution in [-0.2, 0) is 20.7 Å². The fraction of sp³-hybridized carbons (Fsp3) is 0.438. The van der Waals surface area contributed by atoms with Crippen LogP contribution in [0.15, 0.2) is 53.9 Å². The molecule has 41 heavy (non-hydrogen) atoms. The Labute approximate surface area is 245 Å². The van der Waals surface area contributed by atoms with Gasteiger partial charge in [-0.2, -0.15) is 0 Å². The highest BCUT2D eigenvalue weighted by atomic mass is 32.2. The highest BCUT2D eigenvalue weighted by molar-refractivity contribution is 7.98. The van der Waals surface area contributed by atoms with Crippen molar-refractivity contribution in [1.29, 1.82) is 0 Å². The molecule has 0 heterocycles. The molecule has 0 aromatic heterocycles. The van der Waals surface area contributed by atoms with Crippen LogP contribution in [-0.4, -0.2) is 36.1 Å². The Kier molecular flexibility index (Phi) is 12.1. The van der Waals surface area contributed by atoms with E-state index in [1.54, 1.807) is 44.2 Å². The number of alkyl halides is 3. The highest BCUT2D eigenvalue weighted by Gasteiger charge is 2.34. The van der Waals surface area contributed by atoms with Gasteiger partial charge in [0, 0.05) is 28.5 Å². The molecule has 0 atom stereocenters. The summed E-state index contributed by atoms with van der Waals surface area (Å²) < 4.78 is 55.8. The summed E-state index contributed by atoms with van der Waals surface area (Å²) >= 11 is 1.40. The lowest BCUT2D eigenvalue weighted by atomic mass is 9.92. The van der Waals surface area contributed by atoms with E-state index in [2.05, 4.69) is 18.2 Å². The molecule has 0 saturated heterocycles. The number of unbranched alkanes of at least 4 members (excludes halogenated alkanes) is 2. The smallest absolute Gasteiger partial charge is 0.488 e. The molecule has 2 rings (SSSR count). The van der Waals surface area contributed by atoms with E-state index in [0.29, 0.717) is 36.0 Å². The van der Waals surface area contributed by atoms with Gasteiger partial charge in [0.15, 0.2) is 6.29 Å². The average Bonchev–Trinajstić information content (AvgIpc) is 2.86. The van der Waals surface area contributed by atoms with Gasteiger partial charge in [-0.25, -0.2) is 4.79 Å². The minimum Gasteiger partial charge on any atom is -0.488 e. The largest absolute Gasteiger partial charge is 0.573 e. The van der Waals surface area contributed by atoms with Crippen LogP contribution < -0.4 is 9.47 Å². The van der Waals surface area contributed by atoms with Gasteiger partial charge in [0.25, 0.3) is 0 Å².